The number of rotatable bonds is 9. The second kappa shape index (κ2) is 18.9. The Balaban J connectivity index is 1.56. The van der Waals surface area contributed by atoms with E-state index in [0.717, 1.165) is 76.3 Å². The first-order valence-corrected chi connectivity index (χ1v) is 18.7. The molecule has 49 heavy (non-hydrogen) atoms. The molecule has 4 rings (SSSR count). The number of aromatic nitrogens is 1. The lowest BCUT2D eigenvalue weighted by molar-refractivity contribution is -0.143. The minimum Gasteiger partial charge on any atom is -0.346 e. The number of Topliss-reactive ketones (excluding diaryl/α,β-unsaturated/α-hetero) is 1. The molecule has 1 aromatic rings. The van der Waals surface area contributed by atoms with Crippen LogP contribution < -0.4 is 21.3 Å². The Hall–Kier alpha value is -3.76. The maximum absolute atomic E-state index is 14.4. The Labute approximate surface area is 292 Å². The number of nitrogens with one attached hydrogen (secondary N) is 4. The molecule has 0 aromatic carbocycles. The Morgan fingerprint density at radius 1 is 0.980 bits per heavy atom. The van der Waals surface area contributed by atoms with Crippen molar-refractivity contribution in [3.05, 3.63) is 42.7 Å². The number of urea groups is 1. The van der Waals surface area contributed by atoms with E-state index >= 15 is 0 Å². The molecule has 1 aliphatic carbocycles. The predicted molar refractivity (Wildman–Crippen MR) is 189 cm³/mol. The highest BCUT2D eigenvalue weighted by Gasteiger charge is 2.46. The smallest absolute Gasteiger partial charge is 0.315 e. The third-order valence-electron chi connectivity index (χ3n) is 10.6. The molecule has 11 nitrogen and oxygen atoms in total. The Bertz CT molecular complexity index is 1280. The topological polar surface area (TPSA) is 150 Å². The highest BCUT2D eigenvalue weighted by molar-refractivity contribution is 6.38. The third kappa shape index (κ3) is 10.9. The van der Waals surface area contributed by atoms with Crippen LogP contribution in [-0.4, -0.2) is 76.2 Å². The lowest BCUT2D eigenvalue weighted by Crippen LogP contribution is -2.60. The number of amides is 5. The quantitative estimate of drug-likeness (QED) is 0.219. The molecule has 0 unspecified atom stereocenters. The lowest BCUT2D eigenvalue weighted by Gasteiger charge is -2.39. The van der Waals surface area contributed by atoms with Gasteiger partial charge in [-0.05, 0) is 56.1 Å². The van der Waals surface area contributed by atoms with Crippen molar-refractivity contribution < 1.29 is 24.0 Å². The summed E-state index contributed by atoms with van der Waals surface area (Å²) < 4.78 is 0. The van der Waals surface area contributed by atoms with Crippen molar-refractivity contribution in [1.82, 2.24) is 31.2 Å². The zero-order chi connectivity index (χ0) is 35.2. The third-order valence-corrected chi connectivity index (χ3v) is 10.6. The van der Waals surface area contributed by atoms with E-state index in [9.17, 15) is 24.0 Å². The van der Waals surface area contributed by atoms with Crippen molar-refractivity contribution >= 4 is 29.5 Å². The summed E-state index contributed by atoms with van der Waals surface area (Å²) in [4.78, 5) is 74.3. The molecule has 2 saturated heterocycles. The molecule has 3 fully saturated rings. The van der Waals surface area contributed by atoms with Crippen LogP contribution in [0.5, 0.6) is 0 Å². The minimum atomic E-state index is -0.985. The first-order valence-electron chi connectivity index (χ1n) is 18.7. The number of hydrogen-bond donors (Lipinski definition) is 4. The van der Waals surface area contributed by atoms with Crippen LogP contribution in [0.1, 0.15) is 116 Å². The van der Waals surface area contributed by atoms with Crippen LogP contribution in [0.15, 0.2) is 37.1 Å². The van der Waals surface area contributed by atoms with Crippen LogP contribution in [0.3, 0.4) is 0 Å². The average molecular weight is 679 g/mol. The van der Waals surface area contributed by atoms with Gasteiger partial charge in [-0.3, -0.25) is 24.2 Å². The first-order chi connectivity index (χ1) is 23.6. The first kappa shape index (κ1) is 38.0. The van der Waals surface area contributed by atoms with Gasteiger partial charge in [0.25, 0.3) is 5.91 Å². The highest BCUT2D eigenvalue weighted by atomic mass is 16.2. The minimum absolute atomic E-state index is 0.0941. The maximum atomic E-state index is 14.4. The van der Waals surface area contributed by atoms with Gasteiger partial charge in [-0.1, -0.05) is 90.2 Å². The van der Waals surface area contributed by atoms with Crippen molar-refractivity contribution in [3.8, 4) is 0 Å². The molecule has 4 atom stereocenters. The summed E-state index contributed by atoms with van der Waals surface area (Å²) in [5, 5.41) is 11.8. The van der Waals surface area contributed by atoms with Crippen LogP contribution in [0.25, 0.3) is 0 Å². The number of nitrogens with zero attached hydrogens (tertiary/aromatic N) is 2. The summed E-state index contributed by atoms with van der Waals surface area (Å²) in [7, 11) is 0. The van der Waals surface area contributed by atoms with E-state index in [2.05, 4.69) is 32.8 Å². The van der Waals surface area contributed by atoms with Gasteiger partial charge in [0, 0.05) is 36.9 Å². The molecule has 1 saturated carbocycles. The van der Waals surface area contributed by atoms with Gasteiger partial charge in [0.05, 0.1) is 6.04 Å². The van der Waals surface area contributed by atoms with Crippen LogP contribution in [0, 0.1) is 11.8 Å². The number of fused-ring (bicyclic) bond motifs is 1. The number of carbonyl (C=O) groups is 5. The second-order valence-electron chi connectivity index (χ2n) is 14.6. The summed E-state index contributed by atoms with van der Waals surface area (Å²) in [6.07, 6.45) is 16.5. The fourth-order valence-corrected chi connectivity index (χ4v) is 7.93. The van der Waals surface area contributed by atoms with E-state index < -0.39 is 41.3 Å². The molecule has 1 aromatic heterocycles. The van der Waals surface area contributed by atoms with Crippen LogP contribution in [0.4, 0.5) is 4.79 Å². The van der Waals surface area contributed by atoms with Gasteiger partial charge in [-0.15, -0.1) is 6.58 Å². The van der Waals surface area contributed by atoms with Gasteiger partial charge in [-0.2, -0.15) is 0 Å². The summed E-state index contributed by atoms with van der Waals surface area (Å²) >= 11 is 0. The standard InChI is InChI=1S/C38H58N6O5/c1-4-23-40-35(47)33(45)30-18-11-8-6-5-7-9-12-19-31(36(48)44-25-20-29(27(2)3)32(44)34(46)41-30)42-37(49)43-38(21-14-10-15-22-38)26-28-17-13-16-24-39-28/h4,13,16-17,24,27,29-32H,1,5-12,14-15,18-23,25-26H2,2-3H3,(H,40,47)(H,41,46)(H2,42,43,49)/t29-,30+,31+,32+/m1/s1. The van der Waals surface area contributed by atoms with Crippen molar-refractivity contribution in [3.63, 3.8) is 0 Å². The molecule has 4 N–H and O–H groups in total. The Kier molecular flexibility index (Phi) is 14.6. The molecular formula is C38H58N6O5. The van der Waals surface area contributed by atoms with E-state index in [1.807, 2.05) is 32.0 Å². The lowest BCUT2D eigenvalue weighted by atomic mass is 9.78. The van der Waals surface area contributed by atoms with Gasteiger partial charge >= 0.3 is 6.03 Å². The molecule has 0 bridgehead atoms. The number of hydrogen-bond acceptors (Lipinski definition) is 6. The highest BCUT2D eigenvalue weighted by Crippen LogP contribution is 2.33. The molecule has 0 spiro atoms. The van der Waals surface area contributed by atoms with Gasteiger partial charge in [0.2, 0.25) is 17.6 Å². The maximum Gasteiger partial charge on any atom is 0.315 e. The zero-order valence-electron chi connectivity index (χ0n) is 29.6. The zero-order valence-corrected chi connectivity index (χ0v) is 29.6. The van der Waals surface area contributed by atoms with Gasteiger partial charge in [-0.25, -0.2) is 4.79 Å². The molecule has 3 heterocycles. The molecule has 270 valence electrons. The molecular weight excluding hydrogens is 620 g/mol. The van der Waals surface area contributed by atoms with E-state index in [0.29, 0.717) is 38.6 Å². The van der Waals surface area contributed by atoms with Crippen LogP contribution in [-0.2, 0) is 25.6 Å². The summed E-state index contributed by atoms with van der Waals surface area (Å²) in [6, 6.07) is 2.85. The van der Waals surface area contributed by atoms with E-state index in [4.69, 9.17) is 0 Å². The SMILES string of the molecule is C=CCNC(=O)C(=O)[C@@H]1CCCCCCCCC[C@H](NC(=O)NC2(Cc3ccccn3)CCCCC2)C(=O)N2CC[C@H](C(C)C)[C@H]2C(=O)N1. The fourth-order valence-electron chi connectivity index (χ4n) is 7.93. The van der Waals surface area contributed by atoms with Gasteiger partial charge in [0.1, 0.15) is 12.1 Å². The molecule has 5 amide bonds. The normalized spacial score (nSPS) is 25.5. The Morgan fingerprint density at radius 2 is 1.65 bits per heavy atom. The van der Waals surface area contributed by atoms with Crippen LogP contribution >= 0.6 is 0 Å². The summed E-state index contributed by atoms with van der Waals surface area (Å²) in [6.45, 7) is 8.18. The summed E-state index contributed by atoms with van der Waals surface area (Å²) in [5.74, 6) is -2.19. The molecule has 0 radical (unpaired) electrons. The van der Waals surface area contributed by atoms with E-state index in [1.54, 1.807) is 11.1 Å². The number of pyridine rings is 1. The predicted octanol–water partition coefficient (Wildman–Crippen LogP) is 4.75. The van der Waals surface area contributed by atoms with E-state index in [-0.39, 0.29) is 30.3 Å². The largest absolute Gasteiger partial charge is 0.346 e. The van der Waals surface area contributed by atoms with Crippen molar-refractivity contribution in [2.24, 2.45) is 11.8 Å². The van der Waals surface area contributed by atoms with Gasteiger partial charge < -0.3 is 26.2 Å². The van der Waals surface area contributed by atoms with E-state index in [1.165, 1.54) is 6.08 Å². The number of carbonyl (C=O) groups excluding carboxylic acids is 5. The monoisotopic (exact) mass is 678 g/mol. The second-order valence-corrected chi connectivity index (χ2v) is 14.6. The molecule has 2 aliphatic heterocycles. The Morgan fingerprint density at radius 3 is 2.31 bits per heavy atom. The molecule has 3 aliphatic rings. The average Bonchev–Trinajstić information content (AvgIpc) is 3.54. The van der Waals surface area contributed by atoms with Crippen LogP contribution in [0.2, 0.25) is 0 Å². The van der Waals surface area contributed by atoms with Crippen molar-refractivity contribution in [2.45, 2.75) is 140 Å². The fraction of sp³-hybridized carbons (Fsp3) is 0.684. The summed E-state index contributed by atoms with van der Waals surface area (Å²) in [5.41, 5.74) is 0.474. The number of ketones is 1. The molecule has 11 heteroatoms. The van der Waals surface area contributed by atoms with Gasteiger partial charge in [0.15, 0.2) is 0 Å². The van der Waals surface area contributed by atoms with Crippen molar-refractivity contribution in [1.29, 1.82) is 0 Å². The van der Waals surface area contributed by atoms with Crippen molar-refractivity contribution in [2.75, 3.05) is 13.1 Å².